The van der Waals surface area contributed by atoms with Gasteiger partial charge in [-0.1, -0.05) is 19.8 Å². The highest BCUT2D eigenvalue weighted by Crippen LogP contribution is 2.31. The summed E-state index contributed by atoms with van der Waals surface area (Å²) in [5.74, 6) is 2.72. The van der Waals surface area contributed by atoms with Gasteiger partial charge in [-0.05, 0) is 62.4 Å². The van der Waals surface area contributed by atoms with Gasteiger partial charge in [0, 0.05) is 38.3 Å². The van der Waals surface area contributed by atoms with Gasteiger partial charge in [-0.2, -0.15) is 0 Å². The molecule has 30 heavy (non-hydrogen) atoms. The molecule has 6 heteroatoms. The minimum Gasteiger partial charge on any atom is -0.493 e. The monoisotopic (exact) mass is 418 g/mol. The Balaban J connectivity index is 1.72. The van der Waals surface area contributed by atoms with E-state index in [0.29, 0.717) is 48.2 Å². The number of hydrogen-bond acceptors (Lipinski definition) is 5. The Morgan fingerprint density at radius 2 is 1.93 bits per heavy atom. The average Bonchev–Trinajstić information content (AvgIpc) is 3.43. The number of hydrogen-bond donors (Lipinski definition) is 1. The second-order valence-corrected chi connectivity index (χ2v) is 8.68. The number of nitrogens with zero attached hydrogens (tertiary/aromatic N) is 1. The number of carbonyl (C=O) groups is 1. The number of benzene rings is 1. The summed E-state index contributed by atoms with van der Waals surface area (Å²) >= 11 is 0. The van der Waals surface area contributed by atoms with Crippen molar-refractivity contribution in [2.45, 2.75) is 51.5 Å². The minimum atomic E-state index is 0.116. The number of rotatable bonds is 11. The summed E-state index contributed by atoms with van der Waals surface area (Å²) in [5, 5.41) is 3.48. The summed E-state index contributed by atoms with van der Waals surface area (Å²) < 4.78 is 16.4. The van der Waals surface area contributed by atoms with Gasteiger partial charge < -0.3 is 24.4 Å². The number of carbonyl (C=O) groups excluding carboxylic acids is 1. The summed E-state index contributed by atoms with van der Waals surface area (Å²) in [6.07, 6.45) is 6.51. The third-order valence-corrected chi connectivity index (χ3v) is 6.61. The van der Waals surface area contributed by atoms with E-state index in [-0.39, 0.29) is 5.91 Å². The zero-order valence-corrected chi connectivity index (χ0v) is 18.8. The first kappa shape index (κ1) is 22.9. The molecule has 0 radical (unpaired) electrons. The third kappa shape index (κ3) is 5.88. The van der Waals surface area contributed by atoms with Crippen molar-refractivity contribution in [2.24, 2.45) is 11.8 Å². The van der Waals surface area contributed by atoms with Crippen LogP contribution in [0.25, 0.3) is 0 Å². The van der Waals surface area contributed by atoms with Crippen molar-refractivity contribution < 1.29 is 19.0 Å². The Kier molecular flexibility index (Phi) is 8.82. The predicted octanol–water partition coefficient (Wildman–Crippen LogP) is 3.74. The van der Waals surface area contributed by atoms with Gasteiger partial charge in [0.25, 0.3) is 5.91 Å². The van der Waals surface area contributed by atoms with Gasteiger partial charge in [-0.3, -0.25) is 4.79 Å². The molecule has 1 aliphatic heterocycles. The fraction of sp³-hybridized carbons (Fsp3) is 0.708. The molecule has 2 atom stereocenters. The summed E-state index contributed by atoms with van der Waals surface area (Å²) in [6.45, 7) is 6.46. The van der Waals surface area contributed by atoms with Gasteiger partial charge in [0.1, 0.15) is 0 Å². The van der Waals surface area contributed by atoms with Crippen LogP contribution in [0.2, 0.25) is 0 Å². The first-order valence-corrected chi connectivity index (χ1v) is 11.5. The molecule has 1 aromatic carbocycles. The van der Waals surface area contributed by atoms with Crippen LogP contribution in [0, 0.1) is 11.8 Å². The Hall–Kier alpha value is -1.79. The van der Waals surface area contributed by atoms with E-state index < -0.39 is 0 Å². The van der Waals surface area contributed by atoms with Gasteiger partial charge in [0.2, 0.25) is 0 Å². The molecule has 1 heterocycles. The fourth-order valence-electron chi connectivity index (χ4n) is 4.70. The van der Waals surface area contributed by atoms with Gasteiger partial charge >= 0.3 is 0 Å². The second kappa shape index (κ2) is 11.6. The minimum absolute atomic E-state index is 0.116. The SMILES string of the molecule is COCCCOc1cc(C(=O)N(CCC2CNCC2C)C2CCCC2)ccc1OC. The van der Waals surface area contributed by atoms with E-state index in [1.165, 1.54) is 12.8 Å². The predicted molar refractivity (Wildman–Crippen MR) is 118 cm³/mol. The molecular formula is C24H38N2O4. The summed E-state index contributed by atoms with van der Waals surface area (Å²) in [6, 6.07) is 5.91. The van der Waals surface area contributed by atoms with Crippen molar-refractivity contribution in [3.05, 3.63) is 23.8 Å². The molecular weight excluding hydrogens is 380 g/mol. The molecule has 0 bridgehead atoms. The lowest BCUT2D eigenvalue weighted by Gasteiger charge is -2.31. The van der Waals surface area contributed by atoms with Crippen LogP contribution >= 0.6 is 0 Å². The van der Waals surface area contributed by atoms with Crippen LogP contribution in [0.15, 0.2) is 18.2 Å². The van der Waals surface area contributed by atoms with Gasteiger partial charge in [-0.15, -0.1) is 0 Å². The number of ether oxygens (including phenoxy) is 3. The third-order valence-electron chi connectivity index (χ3n) is 6.61. The lowest BCUT2D eigenvalue weighted by molar-refractivity contribution is 0.0665. The van der Waals surface area contributed by atoms with Crippen LogP contribution < -0.4 is 14.8 Å². The summed E-state index contributed by atoms with van der Waals surface area (Å²) in [4.78, 5) is 15.7. The number of methoxy groups -OCH3 is 2. The molecule has 1 aliphatic carbocycles. The Bertz CT molecular complexity index is 675. The van der Waals surface area contributed by atoms with Gasteiger partial charge in [-0.25, -0.2) is 0 Å². The van der Waals surface area contributed by atoms with E-state index in [1.807, 2.05) is 18.2 Å². The van der Waals surface area contributed by atoms with Crippen LogP contribution in [0.1, 0.15) is 55.8 Å². The van der Waals surface area contributed by atoms with Crippen molar-refractivity contribution >= 4 is 5.91 Å². The molecule has 2 aliphatic rings. The van der Waals surface area contributed by atoms with Crippen molar-refractivity contribution in [3.8, 4) is 11.5 Å². The van der Waals surface area contributed by atoms with E-state index in [1.54, 1.807) is 14.2 Å². The van der Waals surface area contributed by atoms with Crippen molar-refractivity contribution in [3.63, 3.8) is 0 Å². The van der Waals surface area contributed by atoms with Crippen molar-refractivity contribution in [1.29, 1.82) is 0 Å². The molecule has 2 fully saturated rings. The number of amides is 1. The molecule has 1 aromatic rings. The topological polar surface area (TPSA) is 60.0 Å². The van der Waals surface area contributed by atoms with Crippen LogP contribution in [0.4, 0.5) is 0 Å². The zero-order valence-electron chi connectivity index (χ0n) is 18.8. The quantitative estimate of drug-likeness (QED) is 0.555. The summed E-state index contributed by atoms with van der Waals surface area (Å²) in [5.41, 5.74) is 0.682. The number of nitrogens with one attached hydrogen (secondary N) is 1. The van der Waals surface area contributed by atoms with Crippen LogP contribution in [-0.2, 0) is 4.74 Å². The Labute approximate surface area is 181 Å². The largest absolute Gasteiger partial charge is 0.493 e. The van der Waals surface area contributed by atoms with E-state index in [0.717, 1.165) is 45.3 Å². The van der Waals surface area contributed by atoms with E-state index >= 15 is 0 Å². The average molecular weight is 419 g/mol. The van der Waals surface area contributed by atoms with Crippen molar-refractivity contribution in [1.82, 2.24) is 10.2 Å². The van der Waals surface area contributed by atoms with Crippen LogP contribution in [-0.4, -0.2) is 63.9 Å². The maximum absolute atomic E-state index is 13.5. The second-order valence-electron chi connectivity index (χ2n) is 8.68. The molecule has 1 saturated heterocycles. The maximum atomic E-state index is 13.5. The lowest BCUT2D eigenvalue weighted by atomic mass is 9.94. The molecule has 0 spiro atoms. The first-order chi connectivity index (χ1) is 14.6. The highest BCUT2D eigenvalue weighted by molar-refractivity contribution is 5.95. The normalized spacial score (nSPS) is 21.7. The Morgan fingerprint density at radius 3 is 2.60 bits per heavy atom. The van der Waals surface area contributed by atoms with E-state index in [2.05, 4.69) is 17.1 Å². The molecule has 1 amide bonds. The first-order valence-electron chi connectivity index (χ1n) is 11.5. The molecule has 0 aromatic heterocycles. The standard InChI is InChI=1S/C24H38N2O4/c1-18-16-25-17-20(18)11-12-26(21-7-4-5-8-21)24(27)19-9-10-22(29-3)23(15-19)30-14-6-13-28-2/h9-10,15,18,20-21,25H,4-8,11-14,16-17H2,1-3H3. The van der Waals surface area contributed by atoms with E-state index in [9.17, 15) is 4.79 Å². The smallest absolute Gasteiger partial charge is 0.254 e. The molecule has 168 valence electrons. The fourth-order valence-corrected chi connectivity index (χ4v) is 4.70. The summed E-state index contributed by atoms with van der Waals surface area (Å²) in [7, 11) is 3.31. The van der Waals surface area contributed by atoms with Crippen LogP contribution in [0.3, 0.4) is 0 Å². The molecule has 1 N–H and O–H groups in total. The van der Waals surface area contributed by atoms with E-state index in [4.69, 9.17) is 14.2 Å². The molecule has 3 rings (SSSR count). The van der Waals surface area contributed by atoms with Crippen molar-refractivity contribution in [2.75, 3.05) is 47.1 Å². The molecule has 2 unspecified atom stereocenters. The Morgan fingerprint density at radius 1 is 1.13 bits per heavy atom. The molecule has 1 saturated carbocycles. The maximum Gasteiger partial charge on any atom is 0.254 e. The van der Waals surface area contributed by atoms with Crippen LogP contribution in [0.5, 0.6) is 11.5 Å². The van der Waals surface area contributed by atoms with Gasteiger partial charge in [0.05, 0.1) is 13.7 Å². The van der Waals surface area contributed by atoms with Gasteiger partial charge in [0.15, 0.2) is 11.5 Å². The molecule has 6 nitrogen and oxygen atoms in total. The zero-order chi connectivity index (χ0) is 21.3. The highest BCUT2D eigenvalue weighted by atomic mass is 16.5. The highest BCUT2D eigenvalue weighted by Gasteiger charge is 2.30. The lowest BCUT2D eigenvalue weighted by Crippen LogP contribution is -2.40.